The standard InChI is InChI=1S/C17H16ClN3O7S/c1-25-11-5-9(4-10(18)15(11)28-8-14(23)27-3)7-19-21-17-20-16(24)12(29-17)6-13(22)26-2/h4-7H,8H2,1-3H3,(H,20,21,24)/b12-6+,19-7?. The van der Waals surface area contributed by atoms with Crippen LogP contribution < -0.4 is 14.8 Å². The van der Waals surface area contributed by atoms with Crippen molar-refractivity contribution in [2.75, 3.05) is 27.9 Å². The van der Waals surface area contributed by atoms with E-state index in [2.05, 4.69) is 25.0 Å². The number of halogens is 1. The van der Waals surface area contributed by atoms with Crippen molar-refractivity contribution in [3.05, 3.63) is 33.7 Å². The van der Waals surface area contributed by atoms with Crippen LogP contribution in [0.25, 0.3) is 0 Å². The first kappa shape index (κ1) is 22.2. The second kappa shape index (κ2) is 10.5. The Balaban J connectivity index is 2.13. The summed E-state index contributed by atoms with van der Waals surface area (Å²) in [6.07, 6.45) is 2.43. The third-order valence-corrected chi connectivity index (χ3v) is 4.45. The Labute approximate surface area is 174 Å². The number of amidine groups is 1. The summed E-state index contributed by atoms with van der Waals surface area (Å²) >= 11 is 7.12. The fraction of sp³-hybridized carbons (Fsp3) is 0.235. The maximum Gasteiger partial charge on any atom is 0.343 e. The zero-order valence-electron chi connectivity index (χ0n) is 15.6. The third-order valence-electron chi connectivity index (χ3n) is 3.27. The van der Waals surface area contributed by atoms with Crippen molar-refractivity contribution in [3.63, 3.8) is 0 Å². The predicted molar refractivity (Wildman–Crippen MR) is 106 cm³/mol. The number of benzene rings is 1. The van der Waals surface area contributed by atoms with Crippen LogP contribution in [-0.2, 0) is 23.9 Å². The normalized spacial score (nSPS) is 16.2. The number of hydrogen-bond acceptors (Lipinski definition) is 10. The lowest BCUT2D eigenvalue weighted by Gasteiger charge is -2.12. The molecule has 1 N–H and O–H groups in total. The topological polar surface area (TPSA) is 125 Å². The first-order valence-electron chi connectivity index (χ1n) is 7.85. The van der Waals surface area contributed by atoms with Crippen LogP contribution >= 0.6 is 23.4 Å². The molecule has 1 saturated heterocycles. The highest BCUT2D eigenvalue weighted by Gasteiger charge is 2.25. The lowest BCUT2D eigenvalue weighted by molar-refractivity contribution is -0.143. The molecule has 1 heterocycles. The largest absolute Gasteiger partial charge is 0.493 e. The lowest BCUT2D eigenvalue weighted by Crippen LogP contribution is -2.19. The van der Waals surface area contributed by atoms with Gasteiger partial charge in [-0.05, 0) is 23.9 Å². The van der Waals surface area contributed by atoms with Crippen LogP contribution in [0.1, 0.15) is 5.56 Å². The van der Waals surface area contributed by atoms with Gasteiger partial charge in [-0.1, -0.05) is 11.6 Å². The van der Waals surface area contributed by atoms with E-state index in [9.17, 15) is 14.4 Å². The Morgan fingerprint density at radius 3 is 2.66 bits per heavy atom. The van der Waals surface area contributed by atoms with Crippen molar-refractivity contribution in [3.8, 4) is 11.5 Å². The molecule has 0 aliphatic carbocycles. The minimum atomic E-state index is -0.649. The van der Waals surface area contributed by atoms with Gasteiger partial charge < -0.3 is 18.9 Å². The third kappa shape index (κ3) is 6.22. The van der Waals surface area contributed by atoms with Gasteiger partial charge in [-0.3, -0.25) is 10.1 Å². The zero-order valence-corrected chi connectivity index (χ0v) is 17.1. The Morgan fingerprint density at radius 2 is 2.00 bits per heavy atom. The summed E-state index contributed by atoms with van der Waals surface area (Å²) < 4.78 is 19.5. The summed E-state index contributed by atoms with van der Waals surface area (Å²) in [5, 5.41) is 10.6. The van der Waals surface area contributed by atoms with Crippen molar-refractivity contribution in [2.45, 2.75) is 0 Å². The molecule has 1 aliphatic heterocycles. The van der Waals surface area contributed by atoms with Gasteiger partial charge in [0.25, 0.3) is 5.91 Å². The predicted octanol–water partition coefficient (Wildman–Crippen LogP) is 1.51. The number of nitrogens with zero attached hydrogens (tertiary/aromatic N) is 2. The zero-order chi connectivity index (χ0) is 21.4. The Bertz CT molecular complexity index is 915. The molecular weight excluding hydrogens is 426 g/mol. The quantitative estimate of drug-likeness (QED) is 0.292. The minimum absolute atomic E-state index is 0.141. The first-order chi connectivity index (χ1) is 13.9. The Morgan fingerprint density at radius 1 is 1.24 bits per heavy atom. The van der Waals surface area contributed by atoms with Gasteiger partial charge in [-0.2, -0.15) is 5.10 Å². The number of nitrogens with one attached hydrogen (secondary N) is 1. The van der Waals surface area contributed by atoms with Gasteiger partial charge in [0, 0.05) is 11.6 Å². The van der Waals surface area contributed by atoms with Crippen LogP contribution in [0, 0.1) is 0 Å². The number of ether oxygens (including phenoxy) is 4. The van der Waals surface area contributed by atoms with Gasteiger partial charge in [0.1, 0.15) is 0 Å². The summed E-state index contributed by atoms with van der Waals surface area (Å²) in [5.74, 6) is -1.24. The molecule has 12 heteroatoms. The van der Waals surface area contributed by atoms with E-state index in [1.807, 2.05) is 0 Å². The Hall–Kier alpha value is -3.05. The average molecular weight is 442 g/mol. The van der Waals surface area contributed by atoms with Crippen LogP contribution in [0.15, 0.2) is 33.3 Å². The van der Waals surface area contributed by atoms with E-state index in [1.54, 1.807) is 6.07 Å². The molecule has 0 aromatic heterocycles. The SMILES string of the molecule is COC(=O)/C=C1/S/C(=N\N=Cc2cc(Cl)c(OCC(=O)OC)c(OC)c2)NC1=O. The molecular formula is C17H16ClN3O7S. The maximum atomic E-state index is 11.7. The van der Waals surface area contributed by atoms with Gasteiger partial charge in [0.05, 0.1) is 37.5 Å². The second-order valence-electron chi connectivity index (χ2n) is 5.14. The molecule has 0 bridgehead atoms. The molecule has 2 rings (SSSR count). The number of rotatable bonds is 7. The summed E-state index contributed by atoms with van der Waals surface area (Å²) in [7, 11) is 3.86. The highest BCUT2D eigenvalue weighted by Crippen LogP contribution is 2.36. The number of thioether (sulfide) groups is 1. The van der Waals surface area contributed by atoms with Crippen molar-refractivity contribution in [2.24, 2.45) is 10.2 Å². The van der Waals surface area contributed by atoms with Crippen molar-refractivity contribution in [1.82, 2.24) is 5.32 Å². The molecule has 0 spiro atoms. The molecule has 1 aromatic carbocycles. The molecule has 1 aromatic rings. The number of amides is 1. The highest BCUT2D eigenvalue weighted by molar-refractivity contribution is 8.18. The van der Waals surface area contributed by atoms with E-state index >= 15 is 0 Å². The highest BCUT2D eigenvalue weighted by atomic mass is 35.5. The maximum absolute atomic E-state index is 11.7. The number of esters is 2. The minimum Gasteiger partial charge on any atom is -0.493 e. The molecule has 0 saturated carbocycles. The van der Waals surface area contributed by atoms with Crippen LogP contribution in [0.2, 0.25) is 5.02 Å². The van der Waals surface area contributed by atoms with Gasteiger partial charge in [-0.15, -0.1) is 5.10 Å². The monoisotopic (exact) mass is 441 g/mol. The van der Waals surface area contributed by atoms with E-state index in [-0.39, 0.29) is 33.2 Å². The summed E-state index contributed by atoms with van der Waals surface area (Å²) in [6.45, 7) is -0.327. The molecule has 1 amide bonds. The van der Waals surface area contributed by atoms with Crippen LogP contribution in [0.4, 0.5) is 0 Å². The molecule has 0 atom stereocenters. The van der Waals surface area contributed by atoms with Crippen LogP contribution in [-0.4, -0.2) is 57.2 Å². The fourth-order valence-corrected chi connectivity index (χ4v) is 2.95. The van der Waals surface area contributed by atoms with E-state index < -0.39 is 17.8 Å². The van der Waals surface area contributed by atoms with E-state index in [0.717, 1.165) is 17.8 Å². The van der Waals surface area contributed by atoms with Crippen molar-refractivity contribution < 1.29 is 33.3 Å². The smallest absolute Gasteiger partial charge is 0.343 e. The van der Waals surface area contributed by atoms with Gasteiger partial charge in [0.15, 0.2) is 23.3 Å². The second-order valence-corrected chi connectivity index (χ2v) is 6.57. The Kier molecular flexibility index (Phi) is 8.04. The summed E-state index contributed by atoms with van der Waals surface area (Å²) in [4.78, 5) is 34.3. The van der Waals surface area contributed by atoms with E-state index in [1.165, 1.54) is 33.6 Å². The lowest BCUT2D eigenvalue weighted by atomic mass is 10.2. The summed E-state index contributed by atoms with van der Waals surface area (Å²) in [5.41, 5.74) is 0.529. The van der Waals surface area contributed by atoms with Crippen LogP contribution in [0.5, 0.6) is 11.5 Å². The van der Waals surface area contributed by atoms with Gasteiger partial charge >= 0.3 is 11.9 Å². The van der Waals surface area contributed by atoms with Crippen LogP contribution in [0.3, 0.4) is 0 Å². The molecule has 0 radical (unpaired) electrons. The van der Waals surface area contributed by atoms with Crippen molar-refractivity contribution in [1.29, 1.82) is 0 Å². The molecule has 10 nitrogen and oxygen atoms in total. The fourth-order valence-electron chi connectivity index (χ4n) is 1.93. The molecule has 1 fully saturated rings. The molecule has 154 valence electrons. The van der Waals surface area contributed by atoms with E-state index in [0.29, 0.717) is 5.56 Å². The average Bonchev–Trinajstić information content (AvgIpc) is 3.05. The molecule has 0 unspecified atom stereocenters. The van der Waals surface area contributed by atoms with E-state index in [4.69, 9.17) is 21.1 Å². The van der Waals surface area contributed by atoms with Gasteiger partial charge in [-0.25, -0.2) is 9.59 Å². The van der Waals surface area contributed by atoms with Gasteiger partial charge in [0.2, 0.25) is 0 Å². The number of carbonyl (C=O) groups is 3. The van der Waals surface area contributed by atoms with Crippen molar-refractivity contribution >= 4 is 52.6 Å². The number of methoxy groups -OCH3 is 3. The molecule has 1 aliphatic rings. The molecule has 29 heavy (non-hydrogen) atoms. The summed E-state index contributed by atoms with van der Waals surface area (Å²) in [6, 6.07) is 3.11. The number of carbonyl (C=O) groups excluding carboxylic acids is 3. The first-order valence-corrected chi connectivity index (χ1v) is 9.04. The number of hydrogen-bond donors (Lipinski definition) is 1.